The van der Waals surface area contributed by atoms with E-state index in [1.54, 1.807) is 0 Å². The van der Waals surface area contributed by atoms with Crippen molar-refractivity contribution in [1.29, 1.82) is 0 Å². The Bertz CT molecular complexity index is 735. The average molecular weight is 333 g/mol. The zero-order valence-electron chi connectivity index (χ0n) is 12.5. The van der Waals surface area contributed by atoms with Crippen molar-refractivity contribution in [3.8, 4) is 5.75 Å². The van der Waals surface area contributed by atoms with E-state index in [0.29, 0.717) is 23.7 Å². The minimum atomic E-state index is -0.161. The highest BCUT2D eigenvalue weighted by Gasteiger charge is 2.24. The molecule has 2 N–H and O–H groups in total. The largest absolute Gasteiger partial charge is 0.491 e. The summed E-state index contributed by atoms with van der Waals surface area (Å²) in [5, 5.41) is 11.3. The maximum Gasteiger partial charge on any atom is 0.272 e. The third-order valence-corrected chi connectivity index (χ3v) is 4.40. The van der Waals surface area contributed by atoms with Crippen LogP contribution in [0.1, 0.15) is 21.7 Å². The summed E-state index contributed by atoms with van der Waals surface area (Å²) in [5.74, 6) is 0.675. The molecule has 1 aromatic carbocycles. The van der Waals surface area contributed by atoms with E-state index >= 15 is 0 Å². The third kappa shape index (κ3) is 2.92. The first-order valence-corrected chi connectivity index (χ1v) is 8.06. The highest BCUT2D eigenvalue weighted by molar-refractivity contribution is 6.30. The molecule has 0 unspecified atom stereocenters. The Hall–Kier alpha value is -2.05. The monoisotopic (exact) mass is 332 g/mol. The smallest absolute Gasteiger partial charge is 0.272 e. The van der Waals surface area contributed by atoms with Gasteiger partial charge in [0.05, 0.1) is 18.3 Å². The highest BCUT2D eigenvalue weighted by atomic mass is 35.5. The topological polar surface area (TPSA) is 68.2 Å². The second-order valence-corrected chi connectivity index (χ2v) is 6.29. The summed E-state index contributed by atoms with van der Waals surface area (Å²) in [4.78, 5) is 12.4. The van der Waals surface area contributed by atoms with E-state index in [4.69, 9.17) is 16.3 Å². The zero-order valence-corrected chi connectivity index (χ0v) is 13.3. The molecule has 0 spiro atoms. The minimum absolute atomic E-state index is 0.0784. The van der Waals surface area contributed by atoms with E-state index in [1.807, 2.05) is 28.9 Å². The SMILES string of the molecule is O=C(N[C@H]1COc2ccc(Cl)cc2C1)c1cc2n(n1)CCNC2. The number of hydrogen-bond acceptors (Lipinski definition) is 4. The molecule has 0 bridgehead atoms. The van der Waals surface area contributed by atoms with Gasteiger partial charge in [0.25, 0.3) is 5.91 Å². The molecule has 4 rings (SSSR count). The fourth-order valence-electron chi connectivity index (χ4n) is 3.02. The lowest BCUT2D eigenvalue weighted by molar-refractivity contribution is 0.0909. The molecule has 2 aliphatic rings. The Kier molecular flexibility index (Phi) is 3.71. The first-order chi connectivity index (χ1) is 11.2. The Morgan fingerprint density at radius 2 is 2.35 bits per heavy atom. The maximum atomic E-state index is 12.4. The summed E-state index contributed by atoms with van der Waals surface area (Å²) in [6.07, 6.45) is 0.705. The van der Waals surface area contributed by atoms with Crippen molar-refractivity contribution in [3.05, 3.63) is 46.2 Å². The first-order valence-electron chi connectivity index (χ1n) is 7.68. The standard InChI is InChI=1S/C16H17ClN4O2/c17-11-1-2-15-10(5-11)6-12(9-23-15)19-16(22)14-7-13-8-18-3-4-21(13)20-14/h1-2,5,7,12,18H,3-4,6,8-9H2,(H,19,22)/t12-/m1/s1. The Balaban J connectivity index is 1.46. The molecule has 2 aliphatic heterocycles. The van der Waals surface area contributed by atoms with E-state index in [9.17, 15) is 4.79 Å². The molecule has 1 amide bonds. The molecule has 7 heteroatoms. The van der Waals surface area contributed by atoms with Crippen LogP contribution in [0.15, 0.2) is 24.3 Å². The van der Waals surface area contributed by atoms with Crippen molar-refractivity contribution in [1.82, 2.24) is 20.4 Å². The number of carbonyl (C=O) groups excluding carboxylic acids is 1. The molecule has 0 aliphatic carbocycles. The van der Waals surface area contributed by atoms with Gasteiger partial charge in [-0.05, 0) is 36.2 Å². The number of nitrogens with zero attached hydrogens (tertiary/aromatic N) is 2. The van der Waals surface area contributed by atoms with Crippen LogP contribution in [0, 0.1) is 0 Å². The summed E-state index contributed by atoms with van der Waals surface area (Å²) in [5.41, 5.74) is 2.52. The van der Waals surface area contributed by atoms with Crippen LogP contribution in [0.4, 0.5) is 0 Å². The molecule has 6 nitrogen and oxygen atoms in total. The molecule has 0 radical (unpaired) electrons. The molecule has 0 fully saturated rings. The van der Waals surface area contributed by atoms with Crippen LogP contribution < -0.4 is 15.4 Å². The van der Waals surface area contributed by atoms with Crippen LogP contribution >= 0.6 is 11.6 Å². The Labute approximate surface area is 138 Å². The normalized spacial score (nSPS) is 19.4. The van der Waals surface area contributed by atoms with Crippen LogP contribution in [0.3, 0.4) is 0 Å². The van der Waals surface area contributed by atoms with E-state index in [1.165, 1.54) is 0 Å². The van der Waals surface area contributed by atoms with Gasteiger partial charge in [-0.15, -0.1) is 0 Å². The van der Waals surface area contributed by atoms with Gasteiger partial charge < -0.3 is 15.4 Å². The van der Waals surface area contributed by atoms with Gasteiger partial charge in [0.15, 0.2) is 5.69 Å². The fraction of sp³-hybridized carbons (Fsp3) is 0.375. The van der Waals surface area contributed by atoms with Gasteiger partial charge >= 0.3 is 0 Å². The zero-order chi connectivity index (χ0) is 15.8. The van der Waals surface area contributed by atoms with Crippen LogP contribution in [0.5, 0.6) is 5.75 Å². The number of aromatic nitrogens is 2. The molecule has 1 aromatic heterocycles. The van der Waals surface area contributed by atoms with E-state index in [2.05, 4.69) is 15.7 Å². The lowest BCUT2D eigenvalue weighted by atomic mass is 10.0. The summed E-state index contributed by atoms with van der Waals surface area (Å²) < 4.78 is 7.59. The number of fused-ring (bicyclic) bond motifs is 2. The average Bonchev–Trinajstić information content (AvgIpc) is 2.98. The van der Waals surface area contributed by atoms with Gasteiger partial charge in [-0.1, -0.05) is 11.6 Å². The van der Waals surface area contributed by atoms with E-state index < -0.39 is 0 Å². The third-order valence-electron chi connectivity index (χ3n) is 4.17. The number of benzene rings is 1. The van der Waals surface area contributed by atoms with Gasteiger partial charge in [-0.2, -0.15) is 5.10 Å². The Morgan fingerprint density at radius 1 is 1.43 bits per heavy atom. The predicted octanol–water partition coefficient (Wildman–Crippen LogP) is 1.37. The number of halogens is 1. The van der Waals surface area contributed by atoms with Crippen LogP contribution in [-0.2, 0) is 19.5 Å². The molecular formula is C16H17ClN4O2. The molecule has 0 saturated heterocycles. The highest BCUT2D eigenvalue weighted by Crippen LogP contribution is 2.27. The number of hydrogen-bond donors (Lipinski definition) is 2. The molecule has 1 atom stereocenters. The van der Waals surface area contributed by atoms with Crippen LogP contribution in [-0.4, -0.2) is 34.9 Å². The molecule has 0 saturated carbocycles. The molecule has 120 valence electrons. The summed E-state index contributed by atoms with van der Waals surface area (Å²) in [6, 6.07) is 7.33. The van der Waals surface area contributed by atoms with E-state index in [0.717, 1.165) is 36.6 Å². The van der Waals surface area contributed by atoms with Gasteiger partial charge in [0, 0.05) is 18.1 Å². The van der Waals surface area contributed by atoms with Crippen molar-refractivity contribution >= 4 is 17.5 Å². The van der Waals surface area contributed by atoms with Crippen LogP contribution in [0.25, 0.3) is 0 Å². The first kappa shape index (κ1) is 14.5. The van der Waals surface area contributed by atoms with Crippen molar-refractivity contribution in [2.75, 3.05) is 13.2 Å². The lowest BCUT2D eigenvalue weighted by Gasteiger charge is -2.26. The van der Waals surface area contributed by atoms with Gasteiger partial charge in [0.2, 0.25) is 0 Å². The summed E-state index contributed by atoms with van der Waals surface area (Å²) >= 11 is 6.02. The summed E-state index contributed by atoms with van der Waals surface area (Å²) in [7, 11) is 0. The number of rotatable bonds is 2. The number of amides is 1. The Morgan fingerprint density at radius 3 is 3.22 bits per heavy atom. The quantitative estimate of drug-likeness (QED) is 0.871. The molecule has 23 heavy (non-hydrogen) atoms. The second kappa shape index (κ2) is 5.86. The van der Waals surface area contributed by atoms with Crippen molar-refractivity contribution in [2.24, 2.45) is 0 Å². The number of nitrogens with one attached hydrogen (secondary N) is 2. The predicted molar refractivity (Wildman–Crippen MR) is 85.8 cm³/mol. The second-order valence-electron chi connectivity index (χ2n) is 5.86. The van der Waals surface area contributed by atoms with Crippen molar-refractivity contribution in [3.63, 3.8) is 0 Å². The van der Waals surface area contributed by atoms with E-state index in [-0.39, 0.29) is 11.9 Å². The summed E-state index contributed by atoms with van der Waals surface area (Å²) in [6.45, 7) is 2.87. The fourth-order valence-corrected chi connectivity index (χ4v) is 3.21. The molecule has 3 heterocycles. The van der Waals surface area contributed by atoms with Crippen molar-refractivity contribution in [2.45, 2.75) is 25.6 Å². The molecular weight excluding hydrogens is 316 g/mol. The van der Waals surface area contributed by atoms with Gasteiger partial charge in [-0.25, -0.2) is 0 Å². The van der Waals surface area contributed by atoms with Gasteiger partial charge in [0.1, 0.15) is 12.4 Å². The molecule has 2 aromatic rings. The number of carbonyl (C=O) groups is 1. The number of ether oxygens (including phenoxy) is 1. The minimum Gasteiger partial charge on any atom is -0.491 e. The van der Waals surface area contributed by atoms with Gasteiger partial charge in [-0.3, -0.25) is 9.48 Å². The maximum absolute atomic E-state index is 12.4. The lowest BCUT2D eigenvalue weighted by Crippen LogP contribution is -2.42. The van der Waals surface area contributed by atoms with Crippen LogP contribution in [0.2, 0.25) is 5.02 Å². The van der Waals surface area contributed by atoms with Crippen molar-refractivity contribution < 1.29 is 9.53 Å².